The maximum Gasteiger partial charge on any atom is 0.123 e. The summed E-state index contributed by atoms with van der Waals surface area (Å²) < 4.78 is 1.75. The van der Waals surface area contributed by atoms with Crippen LogP contribution in [0.4, 0.5) is 0 Å². The number of rotatable bonds is 2. The van der Waals surface area contributed by atoms with E-state index in [1.54, 1.807) is 23.3 Å². The molecule has 0 aliphatic carbocycles. The fraction of sp³-hybridized carbons (Fsp3) is 0.273. The van der Waals surface area contributed by atoms with Gasteiger partial charge in [0.25, 0.3) is 0 Å². The molecule has 1 aromatic carbocycles. The van der Waals surface area contributed by atoms with E-state index in [0.717, 1.165) is 11.3 Å². The van der Waals surface area contributed by atoms with Crippen molar-refractivity contribution in [3.63, 3.8) is 0 Å². The third-order valence-corrected chi connectivity index (χ3v) is 2.35. The molecule has 0 atom stereocenters. The summed E-state index contributed by atoms with van der Waals surface area (Å²) in [7, 11) is 0. The van der Waals surface area contributed by atoms with Gasteiger partial charge >= 0.3 is 0 Å². The minimum absolute atomic E-state index is 0.316. The van der Waals surface area contributed by atoms with E-state index in [1.165, 1.54) is 0 Å². The van der Waals surface area contributed by atoms with Gasteiger partial charge in [0.15, 0.2) is 0 Å². The summed E-state index contributed by atoms with van der Waals surface area (Å²) in [6, 6.07) is 5.59. The zero-order valence-electron chi connectivity index (χ0n) is 8.75. The second-order valence-electron chi connectivity index (χ2n) is 3.77. The number of phenols is 1. The van der Waals surface area contributed by atoms with Gasteiger partial charge in [0.05, 0.1) is 5.69 Å². The van der Waals surface area contributed by atoms with E-state index < -0.39 is 0 Å². The normalized spacial score (nSPS) is 10.9. The van der Waals surface area contributed by atoms with Crippen LogP contribution >= 0.6 is 0 Å². The zero-order chi connectivity index (χ0) is 10.8. The van der Waals surface area contributed by atoms with Crippen LogP contribution in [0.15, 0.2) is 30.9 Å². The molecule has 0 aliphatic heterocycles. The van der Waals surface area contributed by atoms with Crippen LogP contribution < -0.4 is 0 Å². The quantitative estimate of drug-likeness (QED) is 0.813. The van der Waals surface area contributed by atoms with Crippen molar-refractivity contribution < 1.29 is 5.11 Å². The standard InChI is InChI=1S/C11H13N3O/c1-8(2)10-4-3-9(5-11(10)15)14-6-12-13-7-14/h3-8,15H,1-2H3. The second-order valence-corrected chi connectivity index (χ2v) is 3.77. The highest BCUT2D eigenvalue weighted by Crippen LogP contribution is 2.27. The number of hydrogen-bond acceptors (Lipinski definition) is 3. The van der Waals surface area contributed by atoms with Gasteiger partial charge in [-0.2, -0.15) is 0 Å². The molecule has 1 heterocycles. The smallest absolute Gasteiger partial charge is 0.123 e. The summed E-state index contributed by atoms with van der Waals surface area (Å²) in [6.45, 7) is 4.10. The topological polar surface area (TPSA) is 50.9 Å². The third kappa shape index (κ3) is 1.83. The van der Waals surface area contributed by atoms with Gasteiger partial charge in [-0.1, -0.05) is 19.9 Å². The molecular weight excluding hydrogens is 190 g/mol. The van der Waals surface area contributed by atoms with Gasteiger partial charge < -0.3 is 5.11 Å². The van der Waals surface area contributed by atoms with Crippen molar-refractivity contribution in [3.05, 3.63) is 36.4 Å². The summed E-state index contributed by atoms with van der Waals surface area (Å²) in [5.74, 6) is 0.635. The number of phenolic OH excluding ortho intramolecular Hbond substituents is 1. The Morgan fingerprint density at radius 1 is 1.20 bits per heavy atom. The van der Waals surface area contributed by atoms with Crippen LogP contribution in [-0.4, -0.2) is 19.9 Å². The maximum atomic E-state index is 9.81. The molecule has 0 saturated heterocycles. The molecule has 0 amide bonds. The Kier molecular flexibility index (Phi) is 2.41. The van der Waals surface area contributed by atoms with Crippen molar-refractivity contribution in [1.82, 2.24) is 14.8 Å². The first-order valence-electron chi connectivity index (χ1n) is 4.86. The first kappa shape index (κ1) is 9.71. The van der Waals surface area contributed by atoms with Crippen molar-refractivity contribution in [3.8, 4) is 11.4 Å². The molecule has 0 bridgehead atoms. The van der Waals surface area contributed by atoms with E-state index in [2.05, 4.69) is 10.2 Å². The lowest BCUT2D eigenvalue weighted by Crippen LogP contribution is -1.93. The second kappa shape index (κ2) is 3.73. The molecule has 0 radical (unpaired) electrons. The van der Waals surface area contributed by atoms with Gasteiger partial charge in [-0.15, -0.1) is 10.2 Å². The Hall–Kier alpha value is -1.84. The van der Waals surface area contributed by atoms with E-state index in [1.807, 2.05) is 26.0 Å². The van der Waals surface area contributed by atoms with E-state index in [9.17, 15) is 5.11 Å². The highest BCUT2D eigenvalue weighted by atomic mass is 16.3. The molecule has 78 valence electrons. The summed E-state index contributed by atoms with van der Waals surface area (Å²) in [4.78, 5) is 0. The average molecular weight is 203 g/mol. The Bertz CT molecular complexity index is 449. The van der Waals surface area contributed by atoms with Crippen molar-refractivity contribution in [2.45, 2.75) is 19.8 Å². The molecule has 0 saturated carbocycles. The van der Waals surface area contributed by atoms with E-state index in [4.69, 9.17) is 0 Å². The van der Waals surface area contributed by atoms with Crippen LogP contribution in [0.1, 0.15) is 25.3 Å². The fourth-order valence-electron chi connectivity index (χ4n) is 1.51. The van der Waals surface area contributed by atoms with E-state index in [-0.39, 0.29) is 0 Å². The molecule has 0 aliphatic rings. The molecular formula is C11H13N3O. The monoisotopic (exact) mass is 203 g/mol. The summed E-state index contributed by atoms with van der Waals surface area (Å²) in [5.41, 5.74) is 1.81. The van der Waals surface area contributed by atoms with Gasteiger partial charge in [0.1, 0.15) is 18.4 Å². The molecule has 0 unspecified atom stereocenters. The highest BCUT2D eigenvalue weighted by molar-refractivity contribution is 5.44. The van der Waals surface area contributed by atoms with Crippen LogP contribution in [0.5, 0.6) is 5.75 Å². The largest absolute Gasteiger partial charge is 0.508 e. The lowest BCUT2D eigenvalue weighted by atomic mass is 10.0. The maximum absolute atomic E-state index is 9.81. The number of aromatic hydroxyl groups is 1. The Morgan fingerprint density at radius 3 is 2.40 bits per heavy atom. The van der Waals surface area contributed by atoms with Crippen LogP contribution in [0.2, 0.25) is 0 Å². The first-order valence-corrected chi connectivity index (χ1v) is 4.86. The van der Waals surface area contributed by atoms with Crippen molar-refractivity contribution in [1.29, 1.82) is 0 Å². The molecule has 1 N–H and O–H groups in total. The number of benzene rings is 1. The summed E-state index contributed by atoms with van der Waals surface area (Å²) in [6.07, 6.45) is 3.20. The number of aromatic nitrogens is 3. The zero-order valence-corrected chi connectivity index (χ0v) is 8.75. The van der Waals surface area contributed by atoms with E-state index in [0.29, 0.717) is 11.7 Å². The predicted molar refractivity (Wildman–Crippen MR) is 57.1 cm³/mol. The highest BCUT2D eigenvalue weighted by Gasteiger charge is 2.06. The van der Waals surface area contributed by atoms with Gasteiger partial charge in [-0.25, -0.2) is 0 Å². The van der Waals surface area contributed by atoms with Crippen LogP contribution in [0.3, 0.4) is 0 Å². The number of hydrogen-bond donors (Lipinski definition) is 1. The van der Waals surface area contributed by atoms with Gasteiger partial charge in [0.2, 0.25) is 0 Å². The van der Waals surface area contributed by atoms with Crippen LogP contribution in [0.25, 0.3) is 5.69 Å². The third-order valence-electron chi connectivity index (χ3n) is 2.35. The lowest BCUT2D eigenvalue weighted by molar-refractivity contribution is 0.464. The molecule has 0 fully saturated rings. The minimum Gasteiger partial charge on any atom is -0.508 e. The predicted octanol–water partition coefficient (Wildman–Crippen LogP) is 2.10. The molecule has 4 heteroatoms. The SMILES string of the molecule is CC(C)c1ccc(-n2cnnc2)cc1O. The minimum atomic E-state index is 0.316. The molecule has 4 nitrogen and oxygen atoms in total. The number of nitrogens with zero attached hydrogens (tertiary/aromatic N) is 3. The van der Waals surface area contributed by atoms with Gasteiger partial charge in [0, 0.05) is 6.07 Å². The molecule has 2 rings (SSSR count). The van der Waals surface area contributed by atoms with Crippen LogP contribution in [0, 0.1) is 0 Å². The summed E-state index contributed by atoms with van der Waals surface area (Å²) in [5, 5.41) is 17.2. The summed E-state index contributed by atoms with van der Waals surface area (Å²) >= 11 is 0. The Morgan fingerprint density at radius 2 is 1.87 bits per heavy atom. The van der Waals surface area contributed by atoms with Crippen molar-refractivity contribution in [2.24, 2.45) is 0 Å². The van der Waals surface area contributed by atoms with Crippen molar-refractivity contribution in [2.75, 3.05) is 0 Å². The van der Waals surface area contributed by atoms with Crippen molar-refractivity contribution >= 4 is 0 Å². The lowest BCUT2D eigenvalue weighted by Gasteiger charge is -2.09. The van der Waals surface area contributed by atoms with Gasteiger partial charge in [-0.3, -0.25) is 4.57 Å². The molecule has 1 aromatic heterocycles. The molecule has 2 aromatic rings. The van der Waals surface area contributed by atoms with Gasteiger partial charge in [-0.05, 0) is 17.5 Å². The Balaban J connectivity index is 2.42. The molecule has 0 spiro atoms. The Labute approximate surface area is 88.2 Å². The first-order chi connectivity index (χ1) is 7.18. The van der Waals surface area contributed by atoms with Crippen LogP contribution in [-0.2, 0) is 0 Å². The fourth-order valence-corrected chi connectivity index (χ4v) is 1.51. The van der Waals surface area contributed by atoms with E-state index >= 15 is 0 Å². The molecule has 15 heavy (non-hydrogen) atoms. The average Bonchev–Trinajstić information content (AvgIpc) is 2.69.